The lowest BCUT2D eigenvalue weighted by Crippen LogP contribution is -2.48. The van der Waals surface area contributed by atoms with E-state index in [0.29, 0.717) is 25.6 Å². The van der Waals surface area contributed by atoms with E-state index < -0.39 is 0 Å². The minimum absolute atomic E-state index is 0.189. The van der Waals surface area contributed by atoms with Crippen LogP contribution in [0.2, 0.25) is 0 Å². The lowest BCUT2D eigenvalue weighted by atomic mass is 9.94. The summed E-state index contributed by atoms with van der Waals surface area (Å²) in [5.74, 6) is 0.885. The molecule has 1 atom stereocenters. The number of amides is 1. The molecule has 2 aliphatic rings. The van der Waals surface area contributed by atoms with Gasteiger partial charge in [-0.3, -0.25) is 4.79 Å². The van der Waals surface area contributed by atoms with E-state index in [1.54, 1.807) is 0 Å². The summed E-state index contributed by atoms with van der Waals surface area (Å²) >= 11 is 0. The van der Waals surface area contributed by atoms with Crippen LogP contribution in [-0.4, -0.2) is 38.3 Å². The molecule has 15 heavy (non-hydrogen) atoms. The largest absolute Gasteiger partial charge is 0.377 e. The fourth-order valence-electron chi connectivity index (χ4n) is 2.12. The summed E-state index contributed by atoms with van der Waals surface area (Å²) in [6, 6.07) is 0.280. The van der Waals surface area contributed by atoms with Crippen LogP contribution in [0.25, 0.3) is 0 Å². The molecule has 2 saturated heterocycles. The van der Waals surface area contributed by atoms with Crippen LogP contribution in [0.1, 0.15) is 25.7 Å². The van der Waals surface area contributed by atoms with Crippen LogP contribution in [0.4, 0.5) is 0 Å². The summed E-state index contributed by atoms with van der Waals surface area (Å²) in [4.78, 5) is 11.5. The SMILES string of the molecule is O=C(CCC1CCCNC1)NC1COC1. The maximum absolute atomic E-state index is 11.5. The van der Waals surface area contributed by atoms with Gasteiger partial charge in [-0.05, 0) is 38.3 Å². The number of rotatable bonds is 4. The third-order valence-corrected chi connectivity index (χ3v) is 3.18. The first-order chi connectivity index (χ1) is 7.34. The predicted octanol–water partition coefficient (Wildman–Crippen LogP) is 0.281. The number of hydrogen-bond donors (Lipinski definition) is 2. The average Bonchev–Trinajstić information content (AvgIpc) is 2.22. The molecule has 2 N–H and O–H groups in total. The van der Waals surface area contributed by atoms with Gasteiger partial charge in [0.15, 0.2) is 0 Å². The third kappa shape index (κ3) is 3.47. The van der Waals surface area contributed by atoms with Crippen molar-refractivity contribution in [3.8, 4) is 0 Å². The lowest BCUT2D eigenvalue weighted by Gasteiger charge is -2.27. The predicted molar refractivity (Wildman–Crippen MR) is 57.6 cm³/mol. The maximum atomic E-state index is 11.5. The van der Waals surface area contributed by atoms with Crippen molar-refractivity contribution in [2.45, 2.75) is 31.7 Å². The van der Waals surface area contributed by atoms with Crippen LogP contribution in [0, 0.1) is 5.92 Å². The Morgan fingerprint density at radius 1 is 1.47 bits per heavy atom. The molecule has 2 aliphatic heterocycles. The standard InChI is InChI=1S/C11H20N2O2/c14-11(13-10-7-15-8-10)4-3-9-2-1-5-12-6-9/h9-10,12H,1-8H2,(H,13,14). The van der Waals surface area contributed by atoms with Crippen LogP contribution in [0.5, 0.6) is 0 Å². The first kappa shape index (κ1) is 10.9. The molecule has 2 rings (SSSR count). The normalized spacial score (nSPS) is 27.1. The summed E-state index contributed by atoms with van der Waals surface area (Å²) < 4.78 is 5.01. The number of nitrogens with one attached hydrogen (secondary N) is 2. The number of ether oxygens (including phenoxy) is 1. The van der Waals surface area contributed by atoms with Gasteiger partial charge in [0.2, 0.25) is 5.91 Å². The Balaban J connectivity index is 1.57. The monoisotopic (exact) mass is 212 g/mol. The van der Waals surface area contributed by atoms with Gasteiger partial charge in [0.1, 0.15) is 0 Å². The van der Waals surface area contributed by atoms with E-state index in [2.05, 4.69) is 10.6 Å². The van der Waals surface area contributed by atoms with Crippen molar-refractivity contribution in [2.75, 3.05) is 26.3 Å². The van der Waals surface area contributed by atoms with Crippen LogP contribution in [0.15, 0.2) is 0 Å². The van der Waals surface area contributed by atoms with Gasteiger partial charge in [-0.15, -0.1) is 0 Å². The molecule has 0 radical (unpaired) electrons. The van der Waals surface area contributed by atoms with Gasteiger partial charge in [0.05, 0.1) is 19.3 Å². The highest BCUT2D eigenvalue weighted by atomic mass is 16.5. The molecule has 86 valence electrons. The molecule has 0 saturated carbocycles. The van der Waals surface area contributed by atoms with Crippen molar-refractivity contribution < 1.29 is 9.53 Å². The highest BCUT2D eigenvalue weighted by Gasteiger charge is 2.21. The van der Waals surface area contributed by atoms with Gasteiger partial charge >= 0.3 is 0 Å². The molecule has 0 spiro atoms. The molecule has 2 heterocycles. The molecule has 4 heteroatoms. The van der Waals surface area contributed by atoms with Gasteiger partial charge < -0.3 is 15.4 Å². The minimum Gasteiger partial charge on any atom is -0.377 e. The number of piperidine rings is 1. The third-order valence-electron chi connectivity index (χ3n) is 3.18. The topological polar surface area (TPSA) is 50.4 Å². The molecule has 4 nitrogen and oxygen atoms in total. The highest BCUT2D eigenvalue weighted by molar-refractivity contribution is 5.76. The summed E-state index contributed by atoms with van der Waals surface area (Å²) in [5, 5.41) is 6.34. The van der Waals surface area contributed by atoms with Gasteiger partial charge in [0, 0.05) is 6.42 Å². The van der Waals surface area contributed by atoms with E-state index in [1.165, 1.54) is 12.8 Å². The average molecular weight is 212 g/mol. The Morgan fingerprint density at radius 3 is 2.93 bits per heavy atom. The Kier molecular flexibility index (Phi) is 3.97. The molecule has 0 aromatic rings. The van der Waals surface area contributed by atoms with Crippen molar-refractivity contribution >= 4 is 5.91 Å². The van der Waals surface area contributed by atoms with Crippen molar-refractivity contribution in [2.24, 2.45) is 5.92 Å². The summed E-state index contributed by atoms with van der Waals surface area (Å²) in [6.07, 6.45) is 4.21. The summed E-state index contributed by atoms with van der Waals surface area (Å²) in [5.41, 5.74) is 0. The van der Waals surface area contributed by atoms with Gasteiger partial charge in [-0.1, -0.05) is 0 Å². The number of hydrogen-bond acceptors (Lipinski definition) is 3. The molecule has 1 unspecified atom stereocenters. The second kappa shape index (κ2) is 5.47. The van der Waals surface area contributed by atoms with E-state index in [0.717, 1.165) is 19.5 Å². The van der Waals surface area contributed by atoms with E-state index in [-0.39, 0.29) is 11.9 Å². The first-order valence-corrected chi connectivity index (χ1v) is 5.92. The zero-order valence-corrected chi connectivity index (χ0v) is 9.13. The first-order valence-electron chi connectivity index (χ1n) is 5.92. The van der Waals surface area contributed by atoms with E-state index in [4.69, 9.17) is 4.74 Å². The summed E-state index contributed by atoms with van der Waals surface area (Å²) in [7, 11) is 0. The molecule has 0 bridgehead atoms. The molecule has 0 aromatic carbocycles. The Bertz CT molecular complexity index is 211. The zero-order valence-electron chi connectivity index (χ0n) is 9.13. The van der Waals surface area contributed by atoms with Crippen molar-refractivity contribution in [3.05, 3.63) is 0 Å². The minimum atomic E-state index is 0.189. The second-order valence-corrected chi connectivity index (χ2v) is 4.55. The lowest BCUT2D eigenvalue weighted by molar-refractivity contribution is -0.125. The van der Waals surface area contributed by atoms with Crippen molar-refractivity contribution in [1.82, 2.24) is 10.6 Å². The Labute approximate surface area is 90.8 Å². The zero-order chi connectivity index (χ0) is 10.5. The van der Waals surface area contributed by atoms with Crippen molar-refractivity contribution in [1.29, 1.82) is 0 Å². The van der Waals surface area contributed by atoms with E-state index >= 15 is 0 Å². The van der Waals surface area contributed by atoms with Crippen LogP contribution in [0.3, 0.4) is 0 Å². The van der Waals surface area contributed by atoms with Gasteiger partial charge in [0.25, 0.3) is 0 Å². The maximum Gasteiger partial charge on any atom is 0.220 e. The fourth-order valence-corrected chi connectivity index (χ4v) is 2.12. The Hall–Kier alpha value is -0.610. The van der Waals surface area contributed by atoms with Gasteiger partial charge in [-0.25, -0.2) is 0 Å². The highest BCUT2D eigenvalue weighted by Crippen LogP contribution is 2.15. The molecule has 0 aliphatic carbocycles. The summed E-state index contributed by atoms with van der Waals surface area (Å²) in [6.45, 7) is 3.61. The molecule has 0 aromatic heterocycles. The number of carbonyl (C=O) groups excluding carboxylic acids is 1. The molecular formula is C11H20N2O2. The van der Waals surface area contributed by atoms with Crippen LogP contribution >= 0.6 is 0 Å². The second-order valence-electron chi connectivity index (χ2n) is 4.55. The van der Waals surface area contributed by atoms with Gasteiger partial charge in [-0.2, -0.15) is 0 Å². The molecule has 2 fully saturated rings. The van der Waals surface area contributed by atoms with E-state index in [9.17, 15) is 4.79 Å². The fraction of sp³-hybridized carbons (Fsp3) is 0.909. The Morgan fingerprint density at radius 2 is 2.33 bits per heavy atom. The van der Waals surface area contributed by atoms with Crippen LogP contribution < -0.4 is 10.6 Å². The number of carbonyl (C=O) groups is 1. The quantitative estimate of drug-likeness (QED) is 0.704. The van der Waals surface area contributed by atoms with Crippen LogP contribution in [-0.2, 0) is 9.53 Å². The van der Waals surface area contributed by atoms with E-state index in [1.807, 2.05) is 0 Å². The molecule has 1 amide bonds. The molecular weight excluding hydrogens is 192 g/mol. The smallest absolute Gasteiger partial charge is 0.220 e. The van der Waals surface area contributed by atoms with Crippen molar-refractivity contribution in [3.63, 3.8) is 0 Å².